The monoisotopic (exact) mass is 126 g/mol. The van der Waals surface area contributed by atoms with Gasteiger partial charge in [0.15, 0.2) is 0 Å². The number of rotatable bonds is 3. The van der Waals surface area contributed by atoms with Crippen molar-refractivity contribution in [2.45, 2.75) is 26.2 Å². The van der Waals surface area contributed by atoms with Crippen LogP contribution in [-0.2, 0) is 6.42 Å². The lowest BCUT2D eigenvalue weighted by atomic mass is 10.2. The van der Waals surface area contributed by atoms with Crippen molar-refractivity contribution >= 4 is 0 Å². The van der Waals surface area contributed by atoms with E-state index in [2.05, 4.69) is 22.3 Å². The van der Waals surface area contributed by atoms with Crippen molar-refractivity contribution in [3.63, 3.8) is 0 Å². The third kappa shape index (κ3) is 1.83. The van der Waals surface area contributed by atoms with Gasteiger partial charge in [-0.25, -0.2) is 0 Å². The third-order valence-corrected chi connectivity index (χ3v) is 1.20. The van der Waals surface area contributed by atoms with Gasteiger partial charge in [-0.2, -0.15) is 0 Å². The molecule has 0 atom stereocenters. The maximum absolute atomic E-state index is 7.22. The van der Waals surface area contributed by atoms with E-state index in [4.69, 9.17) is 1.37 Å². The Morgan fingerprint density at radius 3 is 3.33 bits per heavy atom. The molecule has 0 unspecified atom stereocenters. The Bertz CT molecular complexity index is 197. The van der Waals surface area contributed by atoms with Crippen LogP contribution in [0.5, 0.6) is 0 Å². The van der Waals surface area contributed by atoms with Crippen LogP contribution in [0.4, 0.5) is 0 Å². The van der Waals surface area contributed by atoms with E-state index >= 15 is 0 Å². The Morgan fingerprint density at radius 1 is 1.89 bits per heavy atom. The van der Waals surface area contributed by atoms with E-state index in [1.165, 1.54) is 0 Å². The fraction of sp³-hybridized carbons (Fsp3) is 0.667. The minimum Gasteiger partial charge on any atom is -0.262 e. The van der Waals surface area contributed by atoms with Crippen LogP contribution in [-0.4, -0.2) is 15.4 Å². The van der Waals surface area contributed by atoms with Crippen LogP contribution in [0.3, 0.4) is 0 Å². The summed E-state index contributed by atoms with van der Waals surface area (Å²) in [6.45, 7) is 2.12. The first-order valence-electron chi connectivity index (χ1n) is 3.71. The second kappa shape index (κ2) is 3.22. The molecule has 50 valence electrons. The third-order valence-electron chi connectivity index (χ3n) is 1.20. The van der Waals surface area contributed by atoms with Crippen molar-refractivity contribution in [3.05, 3.63) is 11.9 Å². The molecule has 1 aromatic heterocycles. The van der Waals surface area contributed by atoms with Gasteiger partial charge in [0.05, 0.1) is 13.2 Å². The van der Waals surface area contributed by atoms with Crippen molar-refractivity contribution in [1.29, 1.82) is 0 Å². The second-order valence-electron chi connectivity index (χ2n) is 2.01. The topological polar surface area (TPSA) is 41.6 Å². The normalized spacial score (nSPS) is 11.4. The van der Waals surface area contributed by atoms with E-state index in [1.54, 1.807) is 0 Å². The molecule has 0 bridgehead atoms. The van der Waals surface area contributed by atoms with Crippen molar-refractivity contribution in [3.8, 4) is 0 Å². The zero-order valence-electron chi connectivity index (χ0n) is 6.52. The summed E-state index contributed by atoms with van der Waals surface area (Å²) >= 11 is 0. The summed E-state index contributed by atoms with van der Waals surface area (Å²) in [6, 6.07) is 0. The molecule has 1 rings (SSSR count). The van der Waals surface area contributed by atoms with Crippen molar-refractivity contribution < 1.29 is 1.37 Å². The Hall–Kier alpha value is -0.860. The molecule has 0 aliphatic rings. The first kappa shape index (κ1) is 4.97. The highest BCUT2D eigenvalue weighted by atomic mass is 15.3. The molecule has 0 aliphatic heterocycles. The van der Waals surface area contributed by atoms with Crippen LogP contribution in [0.2, 0.25) is 0 Å². The predicted molar refractivity (Wildman–Crippen MR) is 35.0 cm³/mol. The first-order valence-corrected chi connectivity index (χ1v) is 3.21. The van der Waals surface area contributed by atoms with Gasteiger partial charge < -0.3 is 0 Å². The number of nitrogens with zero attached hydrogens (tertiary/aromatic N) is 2. The molecule has 0 saturated carbocycles. The lowest BCUT2D eigenvalue weighted by Crippen LogP contribution is -1.83. The molecular weight excluding hydrogens is 114 g/mol. The number of hydrogen-bond donors (Lipinski definition) is 1. The van der Waals surface area contributed by atoms with Crippen LogP contribution in [0.1, 0.15) is 26.8 Å². The van der Waals surface area contributed by atoms with Gasteiger partial charge in [-0.15, -0.1) is 5.10 Å². The molecule has 3 nitrogen and oxygen atoms in total. The number of hydrogen-bond acceptors (Lipinski definition) is 2. The molecule has 1 heterocycles. The Morgan fingerprint density at radius 2 is 2.78 bits per heavy atom. The predicted octanol–water partition coefficient (Wildman–Crippen LogP) is 1.15. The van der Waals surface area contributed by atoms with Crippen molar-refractivity contribution in [1.82, 2.24) is 15.4 Å². The summed E-state index contributed by atoms with van der Waals surface area (Å²) in [6.07, 6.45) is 3.41. The maximum atomic E-state index is 7.22. The summed E-state index contributed by atoms with van der Waals surface area (Å²) in [7, 11) is 0. The molecule has 3 heteroatoms. The highest BCUT2D eigenvalue weighted by Gasteiger charge is 1.90. The molecule has 0 aromatic carbocycles. The Balaban J connectivity index is 2.49. The molecule has 9 heavy (non-hydrogen) atoms. The fourth-order valence-corrected chi connectivity index (χ4v) is 0.661. The van der Waals surface area contributed by atoms with E-state index in [9.17, 15) is 0 Å². The summed E-state index contributed by atoms with van der Waals surface area (Å²) in [5.41, 5.74) is 0.849. The average Bonchev–Trinajstić information content (AvgIpc) is 2.31. The van der Waals surface area contributed by atoms with E-state index in [0.29, 0.717) is 0 Å². The summed E-state index contributed by atoms with van der Waals surface area (Å²) in [4.78, 5) is 0. The standard InChI is InChI=1S/C6H11N3/c1-2-3-4-6-5-7-9-8-6/h5H,2-4H2,1H3,(H,7,8,9)/i5D. The quantitative estimate of drug-likeness (QED) is 0.660. The molecule has 0 saturated heterocycles. The number of aromatic nitrogens is 3. The SMILES string of the molecule is [2H]c1nn[nH]c1CCCC. The summed E-state index contributed by atoms with van der Waals surface area (Å²) in [5.74, 6) is 0. The van der Waals surface area contributed by atoms with Gasteiger partial charge in [0.25, 0.3) is 0 Å². The smallest absolute Gasteiger partial charge is 0.0880 e. The number of aromatic amines is 1. The fourth-order valence-electron chi connectivity index (χ4n) is 0.661. The van der Waals surface area contributed by atoms with Gasteiger partial charge >= 0.3 is 0 Å². The molecule has 0 amide bonds. The molecule has 0 radical (unpaired) electrons. The number of unbranched alkanes of at least 4 members (excludes halogenated alkanes) is 1. The van der Waals surface area contributed by atoms with Gasteiger partial charge in [0.1, 0.15) is 0 Å². The lowest BCUT2D eigenvalue weighted by Gasteiger charge is -1.89. The average molecular weight is 126 g/mol. The second-order valence-corrected chi connectivity index (χ2v) is 2.01. The maximum Gasteiger partial charge on any atom is 0.0880 e. The molecule has 1 N–H and O–H groups in total. The van der Waals surface area contributed by atoms with E-state index < -0.39 is 0 Å². The number of nitrogens with one attached hydrogen (secondary N) is 1. The summed E-state index contributed by atoms with van der Waals surface area (Å²) < 4.78 is 7.22. The molecule has 1 aromatic rings. The minimum absolute atomic E-state index is 0.286. The highest BCUT2D eigenvalue weighted by Crippen LogP contribution is 1.96. The molecular formula is C6H11N3. The highest BCUT2D eigenvalue weighted by molar-refractivity contribution is 4.89. The van der Waals surface area contributed by atoms with Crippen LogP contribution in [0.15, 0.2) is 6.17 Å². The van der Waals surface area contributed by atoms with E-state index in [0.717, 1.165) is 25.0 Å². The van der Waals surface area contributed by atoms with Gasteiger partial charge in [0, 0.05) is 0 Å². The molecule has 0 fully saturated rings. The van der Waals surface area contributed by atoms with Gasteiger partial charge in [-0.3, -0.25) is 5.10 Å². The molecule has 0 spiro atoms. The molecule has 0 aliphatic carbocycles. The first-order chi connectivity index (χ1) is 4.84. The Labute approximate surface area is 55.9 Å². The number of aryl methyl sites for hydroxylation is 1. The number of H-pyrrole nitrogens is 1. The largest absolute Gasteiger partial charge is 0.262 e. The van der Waals surface area contributed by atoms with Gasteiger partial charge in [-0.1, -0.05) is 18.6 Å². The van der Waals surface area contributed by atoms with Crippen molar-refractivity contribution in [2.24, 2.45) is 0 Å². The van der Waals surface area contributed by atoms with Crippen molar-refractivity contribution in [2.75, 3.05) is 0 Å². The van der Waals surface area contributed by atoms with E-state index in [1.807, 2.05) is 0 Å². The van der Waals surface area contributed by atoms with Crippen LogP contribution >= 0.6 is 0 Å². The zero-order valence-corrected chi connectivity index (χ0v) is 5.52. The summed E-state index contributed by atoms with van der Waals surface area (Å²) in [5, 5.41) is 9.73. The van der Waals surface area contributed by atoms with Gasteiger partial charge in [0.2, 0.25) is 0 Å². The van der Waals surface area contributed by atoms with Crippen LogP contribution in [0.25, 0.3) is 0 Å². The van der Waals surface area contributed by atoms with Crippen LogP contribution in [0, 0.1) is 0 Å². The minimum atomic E-state index is 0.286. The Kier molecular flexibility index (Phi) is 1.78. The van der Waals surface area contributed by atoms with Crippen LogP contribution < -0.4 is 0 Å². The lowest BCUT2D eigenvalue weighted by molar-refractivity contribution is 0.770. The van der Waals surface area contributed by atoms with Gasteiger partial charge in [-0.05, 0) is 12.8 Å². The van der Waals surface area contributed by atoms with E-state index in [-0.39, 0.29) is 6.17 Å². The zero-order chi connectivity index (χ0) is 7.40.